The van der Waals surface area contributed by atoms with E-state index in [2.05, 4.69) is 40.2 Å². The Morgan fingerprint density at radius 3 is 2.70 bits per heavy atom. The Balaban J connectivity index is 1.21. The zero-order valence-electron chi connectivity index (χ0n) is 21.7. The average molecular weight is 500 g/mol. The number of piperidine rings is 1. The van der Waals surface area contributed by atoms with Gasteiger partial charge in [0.1, 0.15) is 5.75 Å². The van der Waals surface area contributed by atoms with Crippen molar-refractivity contribution in [3.8, 4) is 5.75 Å². The van der Waals surface area contributed by atoms with Crippen LogP contribution in [-0.2, 0) is 23.1 Å². The molecule has 2 N–H and O–H groups in total. The summed E-state index contributed by atoms with van der Waals surface area (Å²) >= 11 is 0. The number of hydrogen-bond donors (Lipinski definition) is 2. The number of carbonyl (C=O) groups is 1. The van der Waals surface area contributed by atoms with Crippen LogP contribution in [0, 0.1) is 5.92 Å². The lowest BCUT2D eigenvalue weighted by Gasteiger charge is -2.61. The van der Waals surface area contributed by atoms with Crippen LogP contribution in [0.4, 0.5) is 0 Å². The average Bonchev–Trinajstić information content (AvgIpc) is 3.65. The van der Waals surface area contributed by atoms with E-state index in [1.54, 1.807) is 7.11 Å². The molecule has 0 radical (unpaired) electrons. The summed E-state index contributed by atoms with van der Waals surface area (Å²) in [6.07, 6.45) is 6.20. The number of fused-ring (bicyclic) bond motifs is 2. The second-order valence-corrected chi connectivity index (χ2v) is 11.9. The number of carbonyl (C=O) groups excluding carboxylic acids is 1. The van der Waals surface area contributed by atoms with Crippen molar-refractivity contribution < 1.29 is 14.6 Å². The van der Waals surface area contributed by atoms with Crippen molar-refractivity contribution in [1.29, 1.82) is 0 Å². The molecule has 1 amide bonds. The van der Waals surface area contributed by atoms with E-state index in [4.69, 9.17) is 4.74 Å². The lowest BCUT2D eigenvalue weighted by Crippen LogP contribution is -2.71. The van der Waals surface area contributed by atoms with E-state index in [1.165, 1.54) is 24.0 Å². The van der Waals surface area contributed by atoms with Crippen molar-refractivity contribution in [2.75, 3.05) is 33.3 Å². The van der Waals surface area contributed by atoms with E-state index in [0.717, 1.165) is 60.6 Å². The zero-order chi connectivity index (χ0) is 25.2. The van der Waals surface area contributed by atoms with Crippen molar-refractivity contribution in [1.82, 2.24) is 14.8 Å². The maximum atomic E-state index is 13.6. The lowest BCUT2D eigenvalue weighted by molar-refractivity contribution is -0.149. The number of aromatic amines is 1. The number of rotatable bonds is 5. The first-order valence-corrected chi connectivity index (χ1v) is 14.0. The molecule has 3 aromatic rings. The van der Waals surface area contributed by atoms with Crippen molar-refractivity contribution in [3.05, 3.63) is 65.4 Å². The van der Waals surface area contributed by atoms with Gasteiger partial charge in [0.25, 0.3) is 0 Å². The summed E-state index contributed by atoms with van der Waals surface area (Å²) in [5, 5.41) is 13.8. The highest BCUT2D eigenvalue weighted by Gasteiger charge is 2.63. The zero-order valence-corrected chi connectivity index (χ0v) is 21.7. The summed E-state index contributed by atoms with van der Waals surface area (Å²) in [5.74, 6) is 1.78. The van der Waals surface area contributed by atoms with Gasteiger partial charge in [-0.15, -0.1) is 0 Å². The Kier molecular flexibility index (Phi) is 5.42. The highest BCUT2D eigenvalue weighted by molar-refractivity contribution is 5.84. The minimum Gasteiger partial charge on any atom is -0.497 e. The van der Waals surface area contributed by atoms with Crippen LogP contribution in [0.15, 0.2) is 48.5 Å². The molecule has 3 heterocycles. The molecule has 2 aliphatic heterocycles. The highest BCUT2D eigenvalue weighted by Crippen LogP contribution is 2.56. The fourth-order valence-corrected chi connectivity index (χ4v) is 7.74. The summed E-state index contributed by atoms with van der Waals surface area (Å²) < 4.78 is 5.63. The maximum Gasteiger partial charge on any atom is 0.228 e. The summed E-state index contributed by atoms with van der Waals surface area (Å²) in [6, 6.07) is 16.8. The van der Waals surface area contributed by atoms with Crippen LogP contribution in [0.3, 0.4) is 0 Å². The predicted molar refractivity (Wildman–Crippen MR) is 144 cm³/mol. The Bertz CT molecular complexity index is 1310. The lowest BCUT2D eigenvalue weighted by atomic mass is 9.52. The number of nitrogens with one attached hydrogen (secondary N) is 1. The molecule has 4 aliphatic rings. The number of aliphatic hydroxyl groups is 1. The molecule has 37 heavy (non-hydrogen) atoms. The number of aromatic nitrogens is 1. The van der Waals surface area contributed by atoms with Crippen molar-refractivity contribution in [3.63, 3.8) is 0 Å². The molecule has 3 fully saturated rings. The summed E-state index contributed by atoms with van der Waals surface area (Å²) in [6.45, 7) is 3.39. The second kappa shape index (κ2) is 8.60. The largest absolute Gasteiger partial charge is 0.497 e. The fourth-order valence-electron chi connectivity index (χ4n) is 7.74. The molecule has 2 bridgehead atoms. The van der Waals surface area contributed by atoms with E-state index in [9.17, 15) is 9.90 Å². The Hall–Kier alpha value is -2.83. The second-order valence-electron chi connectivity index (χ2n) is 11.9. The van der Waals surface area contributed by atoms with Crippen LogP contribution < -0.4 is 4.74 Å². The molecular weight excluding hydrogens is 462 g/mol. The summed E-state index contributed by atoms with van der Waals surface area (Å²) in [5.41, 5.74) is 3.41. The SMILES string of the molecule is COc1ccc2c(c1)[C@@]13CCN(C(=O)Cc4cc5ccccc5[nH]4)CC[C@@]1(O)[C@@H](C2)N(CC1CC1)CC3. The third-order valence-electron chi connectivity index (χ3n) is 9.93. The number of hydrogen-bond acceptors (Lipinski definition) is 4. The molecule has 6 nitrogen and oxygen atoms in total. The number of H-pyrrole nitrogens is 1. The topological polar surface area (TPSA) is 68.8 Å². The number of benzene rings is 2. The van der Waals surface area contributed by atoms with Gasteiger partial charge in [0, 0.05) is 42.3 Å². The van der Waals surface area contributed by atoms with Gasteiger partial charge in [-0.05, 0) is 91.8 Å². The van der Waals surface area contributed by atoms with Gasteiger partial charge in [0.2, 0.25) is 5.91 Å². The normalized spacial score (nSPS) is 29.5. The first-order valence-electron chi connectivity index (χ1n) is 14.0. The number of para-hydroxylation sites is 1. The van der Waals surface area contributed by atoms with Crippen molar-refractivity contribution in [2.45, 2.75) is 62.0 Å². The van der Waals surface area contributed by atoms with Gasteiger partial charge in [-0.1, -0.05) is 24.3 Å². The molecule has 1 aromatic heterocycles. The number of nitrogens with zero attached hydrogens (tertiary/aromatic N) is 2. The smallest absolute Gasteiger partial charge is 0.228 e. The first-order chi connectivity index (χ1) is 18.0. The standard InChI is InChI=1S/C31H37N3O3/c1-37-25-9-8-22-17-28-31(36)12-15-33(29(35)18-24-16-23-4-2-3-5-27(23)32-24)13-10-30(31,26(22)19-25)11-14-34(28)20-21-6-7-21/h2-5,8-9,16,19,21,28,32,36H,6-7,10-15,17-18,20H2,1H3/t28-,30+,31-/m1/s1. The van der Waals surface area contributed by atoms with Gasteiger partial charge in [0.05, 0.1) is 19.1 Å². The summed E-state index contributed by atoms with van der Waals surface area (Å²) in [7, 11) is 1.72. The van der Waals surface area contributed by atoms with Crippen molar-refractivity contribution >= 4 is 16.8 Å². The maximum absolute atomic E-state index is 13.6. The highest BCUT2D eigenvalue weighted by atomic mass is 16.5. The molecule has 2 aromatic carbocycles. The molecular formula is C31H37N3O3. The molecule has 1 saturated carbocycles. The number of methoxy groups -OCH3 is 1. The molecule has 2 saturated heterocycles. The van der Waals surface area contributed by atoms with Crippen LogP contribution in [0.5, 0.6) is 5.75 Å². The Morgan fingerprint density at radius 1 is 1.08 bits per heavy atom. The third kappa shape index (κ3) is 3.71. The van der Waals surface area contributed by atoms with Gasteiger partial charge in [-0.2, -0.15) is 0 Å². The van der Waals surface area contributed by atoms with Crippen LogP contribution >= 0.6 is 0 Å². The van der Waals surface area contributed by atoms with E-state index >= 15 is 0 Å². The monoisotopic (exact) mass is 499 g/mol. The predicted octanol–water partition coefficient (Wildman–Crippen LogP) is 4.05. The molecule has 194 valence electrons. The Labute approximate surface area is 218 Å². The van der Waals surface area contributed by atoms with Gasteiger partial charge in [-0.3, -0.25) is 9.69 Å². The van der Waals surface area contributed by atoms with Crippen LogP contribution in [0.1, 0.15) is 48.9 Å². The summed E-state index contributed by atoms with van der Waals surface area (Å²) in [4.78, 5) is 21.6. The minimum absolute atomic E-state index is 0.103. The van der Waals surface area contributed by atoms with Crippen LogP contribution in [-0.4, -0.2) is 70.7 Å². The first kappa shape index (κ1) is 23.3. The third-order valence-corrected chi connectivity index (χ3v) is 9.93. The van der Waals surface area contributed by atoms with E-state index < -0.39 is 5.60 Å². The number of likely N-dealkylation sites (tertiary alicyclic amines) is 2. The molecule has 7 rings (SSSR count). The van der Waals surface area contributed by atoms with E-state index in [0.29, 0.717) is 25.9 Å². The van der Waals surface area contributed by atoms with E-state index in [-0.39, 0.29) is 17.4 Å². The molecule has 3 atom stereocenters. The molecule has 0 unspecified atom stereocenters. The molecule has 0 spiro atoms. The molecule has 2 aliphatic carbocycles. The Morgan fingerprint density at radius 2 is 1.89 bits per heavy atom. The van der Waals surface area contributed by atoms with Crippen molar-refractivity contribution in [2.24, 2.45) is 5.92 Å². The molecule has 6 heteroatoms. The van der Waals surface area contributed by atoms with Gasteiger partial charge in [0.15, 0.2) is 0 Å². The van der Waals surface area contributed by atoms with Crippen LogP contribution in [0.25, 0.3) is 10.9 Å². The van der Waals surface area contributed by atoms with Gasteiger partial charge in [-0.25, -0.2) is 0 Å². The van der Waals surface area contributed by atoms with Gasteiger partial charge >= 0.3 is 0 Å². The van der Waals surface area contributed by atoms with E-state index in [1.807, 2.05) is 23.1 Å². The number of ether oxygens (including phenoxy) is 1. The quantitative estimate of drug-likeness (QED) is 0.556. The van der Waals surface area contributed by atoms with Gasteiger partial charge < -0.3 is 19.7 Å². The van der Waals surface area contributed by atoms with Crippen LogP contribution in [0.2, 0.25) is 0 Å². The fraction of sp³-hybridized carbons (Fsp3) is 0.516. The number of amides is 1. The minimum atomic E-state index is -0.852.